The Balaban J connectivity index is 0.00000208. The highest BCUT2D eigenvalue weighted by Gasteiger charge is 2.19. The number of aromatic nitrogens is 1. The smallest absolute Gasteiger partial charge is 0.194 e. The van der Waals surface area contributed by atoms with Crippen molar-refractivity contribution in [1.29, 1.82) is 0 Å². The van der Waals surface area contributed by atoms with Crippen LogP contribution >= 0.6 is 24.0 Å². The number of hydrogen-bond donors (Lipinski definition) is 1. The molecule has 0 amide bonds. The lowest BCUT2D eigenvalue weighted by atomic mass is 10.0. The molecule has 24 heavy (non-hydrogen) atoms. The number of nitrogens with one attached hydrogen (secondary N) is 1. The number of fused-ring (bicyclic) bond motifs is 1. The topological polar surface area (TPSA) is 40.5 Å². The summed E-state index contributed by atoms with van der Waals surface area (Å²) in [7, 11) is 0. The minimum Gasteiger partial charge on any atom is -0.357 e. The van der Waals surface area contributed by atoms with E-state index < -0.39 is 0 Å². The van der Waals surface area contributed by atoms with E-state index in [0.717, 1.165) is 37.2 Å². The molecule has 0 spiro atoms. The number of nitrogens with zero attached hydrogens (tertiary/aromatic N) is 3. The van der Waals surface area contributed by atoms with Crippen LogP contribution in [0.25, 0.3) is 10.8 Å². The van der Waals surface area contributed by atoms with E-state index in [0.29, 0.717) is 6.54 Å². The molecule has 1 atom stereocenters. The first kappa shape index (κ1) is 19.0. The molecule has 0 radical (unpaired) electrons. The van der Waals surface area contributed by atoms with Crippen LogP contribution in [0.4, 0.5) is 0 Å². The summed E-state index contributed by atoms with van der Waals surface area (Å²) in [6.45, 7) is 8.15. The average molecular weight is 438 g/mol. The van der Waals surface area contributed by atoms with Crippen molar-refractivity contribution in [1.82, 2.24) is 15.2 Å². The number of hydrogen-bond acceptors (Lipinski definition) is 2. The summed E-state index contributed by atoms with van der Waals surface area (Å²) in [5.74, 6) is 1.76. The first-order valence-corrected chi connectivity index (χ1v) is 8.64. The fraction of sp³-hybridized carbons (Fsp3) is 0.474. The molecule has 4 nitrogen and oxygen atoms in total. The van der Waals surface area contributed by atoms with Crippen molar-refractivity contribution in [2.75, 3.05) is 19.6 Å². The van der Waals surface area contributed by atoms with Crippen LogP contribution in [0, 0.1) is 5.92 Å². The second kappa shape index (κ2) is 9.20. The van der Waals surface area contributed by atoms with E-state index >= 15 is 0 Å². The maximum atomic E-state index is 4.86. The van der Waals surface area contributed by atoms with Gasteiger partial charge in [0.25, 0.3) is 0 Å². The van der Waals surface area contributed by atoms with Gasteiger partial charge in [0.1, 0.15) is 0 Å². The van der Waals surface area contributed by atoms with E-state index in [-0.39, 0.29) is 24.0 Å². The van der Waals surface area contributed by atoms with E-state index in [2.05, 4.69) is 59.4 Å². The Labute approximate surface area is 161 Å². The van der Waals surface area contributed by atoms with Crippen LogP contribution in [0.5, 0.6) is 0 Å². The lowest BCUT2D eigenvalue weighted by molar-refractivity contribution is 0.266. The van der Waals surface area contributed by atoms with Gasteiger partial charge in [0.05, 0.1) is 12.2 Å². The maximum absolute atomic E-state index is 4.86. The molecule has 0 bridgehead atoms. The Hall–Kier alpha value is -1.37. The Kier molecular flexibility index (Phi) is 7.27. The van der Waals surface area contributed by atoms with Gasteiger partial charge in [-0.05, 0) is 37.1 Å². The highest BCUT2D eigenvalue weighted by Crippen LogP contribution is 2.18. The maximum Gasteiger partial charge on any atom is 0.194 e. The zero-order chi connectivity index (χ0) is 16.1. The Bertz CT molecular complexity index is 681. The average Bonchev–Trinajstić information content (AvgIpc) is 2.58. The van der Waals surface area contributed by atoms with Gasteiger partial charge in [0.2, 0.25) is 0 Å². The van der Waals surface area contributed by atoms with Crippen molar-refractivity contribution < 1.29 is 0 Å². The van der Waals surface area contributed by atoms with Gasteiger partial charge in [-0.25, -0.2) is 4.99 Å². The monoisotopic (exact) mass is 438 g/mol. The van der Waals surface area contributed by atoms with Crippen molar-refractivity contribution in [2.24, 2.45) is 10.9 Å². The predicted octanol–water partition coefficient (Wildman–Crippen LogP) is 4.05. The van der Waals surface area contributed by atoms with Crippen molar-refractivity contribution >= 4 is 40.7 Å². The number of piperidine rings is 1. The fourth-order valence-electron chi connectivity index (χ4n) is 3.27. The predicted molar refractivity (Wildman–Crippen MR) is 112 cm³/mol. The van der Waals surface area contributed by atoms with E-state index in [1.54, 1.807) is 0 Å². The van der Waals surface area contributed by atoms with Gasteiger partial charge in [-0.15, -0.1) is 24.0 Å². The molecular formula is C19H27IN4. The molecule has 0 saturated carbocycles. The number of likely N-dealkylation sites (tertiary alicyclic amines) is 1. The van der Waals surface area contributed by atoms with Crippen LogP contribution in [0.1, 0.15) is 32.4 Å². The molecule has 130 valence electrons. The first-order valence-electron chi connectivity index (χ1n) is 8.64. The number of aliphatic imine (C=N–C) groups is 1. The molecule has 1 saturated heterocycles. The van der Waals surface area contributed by atoms with Crippen LogP contribution < -0.4 is 5.32 Å². The number of benzene rings is 1. The first-order chi connectivity index (χ1) is 11.3. The van der Waals surface area contributed by atoms with E-state index in [9.17, 15) is 0 Å². The number of pyridine rings is 1. The fourth-order valence-corrected chi connectivity index (χ4v) is 3.27. The van der Waals surface area contributed by atoms with E-state index in [1.165, 1.54) is 23.6 Å². The number of rotatable bonds is 3. The Morgan fingerprint density at radius 3 is 2.96 bits per heavy atom. The molecule has 1 unspecified atom stereocenters. The molecular weight excluding hydrogens is 411 g/mol. The second-order valence-electron chi connectivity index (χ2n) is 6.34. The largest absolute Gasteiger partial charge is 0.357 e. The summed E-state index contributed by atoms with van der Waals surface area (Å²) in [4.78, 5) is 11.8. The minimum absolute atomic E-state index is 0. The summed E-state index contributed by atoms with van der Waals surface area (Å²) in [6, 6.07) is 10.4. The Morgan fingerprint density at radius 1 is 1.33 bits per heavy atom. The molecule has 2 heterocycles. The molecule has 1 aromatic carbocycles. The summed E-state index contributed by atoms with van der Waals surface area (Å²) in [5, 5.41) is 5.86. The van der Waals surface area contributed by atoms with Gasteiger partial charge in [-0.3, -0.25) is 4.98 Å². The van der Waals surface area contributed by atoms with Crippen LogP contribution in [-0.4, -0.2) is 35.5 Å². The molecule has 1 N–H and O–H groups in total. The van der Waals surface area contributed by atoms with Gasteiger partial charge in [0, 0.05) is 31.2 Å². The molecule has 5 heteroatoms. The number of halogens is 1. The summed E-state index contributed by atoms with van der Waals surface area (Å²) >= 11 is 0. The highest BCUT2D eigenvalue weighted by atomic mass is 127. The van der Waals surface area contributed by atoms with Gasteiger partial charge in [0.15, 0.2) is 5.96 Å². The lowest BCUT2D eigenvalue weighted by Gasteiger charge is -2.33. The normalized spacial score (nSPS) is 18.3. The standard InChI is InChI=1S/C19H26N4.HI/c1-3-20-19(23-12-6-7-15(2)14-23)22-13-18-17-9-5-4-8-16(17)10-11-21-18;/h4-5,8-11,15H,3,6-7,12-14H2,1-2H3,(H,20,22);1H. The molecule has 3 rings (SSSR count). The molecule has 0 aliphatic carbocycles. The van der Waals surface area contributed by atoms with Gasteiger partial charge >= 0.3 is 0 Å². The van der Waals surface area contributed by atoms with Crippen LogP contribution in [0.15, 0.2) is 41.5 Å². The summed E-state index contributed by atoms with van der Waals surface area (Å²) in [6.07, 6.45) is 4.45. The van der Waals surface area contributed by atoms with Gasteiger partial charge < -0.3 is 10.2 Å². The zero-order valence-electron chi connectivity index (χ0n) is 14.5. The van der Waals surface area contributed by atoms with Crippen LogP contribution in [-0.2, 0) is 6.54 Å². The molecule has 2 aromatic rings. The zero-order valence-corrected chi connectivity index (χ0v) is 16.9. The van der Waals surface area contributed by atoms with Crippen molar-refractivity contribution in [3.8, 4) is 0 Å². The molecule has 1 fully saturated rings. The third-order valence-electron chi connectivity index (χ3n) is 4.43. The molecule has 1 aliphatic rings. The van der Waals surface area contributed by atoms with Crippen molar-refractivity contribution in [3.05, 3.63) is 42.2 Å². The third kappa shape index (κ3) is 4.59. The lowest BCUT2D eigenvalue weighted by Crippen LogP contribution is -2.46. The van der Waals surface area contributed by atoms with E-state index in [1.807, 2.05) is 6.20 Å². The quantitative estimate of drug-likeness (QED) is 0.447. The van der Waals surface area contributed by atoms with Crippen LogP contribution in [0.2, 0.25) is 0 Å². The minimum atomic E-state index is 0. The van der Waals surface area contributed by atoms with Gasteiger partial charge in [-0.2, -0.15) is 0 Å². The van der Waals surface area contributed by atoms with Gasteiger partial charge in [-0.1, -0.05) is 31.2 Å². The molecule has 1 aromatic heterocycles. The van der Waals surface area contributed by atoms with Crippen LogP contribution in [0.3, 0.4) is 0 Å². The third-order valence-corrected chi connectivity index (χ3v) is 4.43. The van der Waals surface area contributed by atoms with Crippen molar-refractivity contribution in [3.63, 3.8) is 0 Å². The number of guanidine groups is 1. The second-order valence-corrected chi connectivity index (χ2v) is 6.34. The Morgan fingerprint density at radius 2 is 2.17 bits per heavy atom. The highest BCUT2D eigenvalue weighted by molar-refractivity contribution is 14.0. The van der Waals surface area contributed by atoms with E-state index in [4.69, 9.17) is 4.99 Å². The summed E-state index contributed by atoms with van der Waals surface area (Å²) < 4.78 is 0. The summed E-state index contributed by atoms with van der Waals surface area (Å²) in [5.41, 5.74) is 1.04. The van der Waals surface area contributed by atoms with Crippen molar-refractivity contribution in [2.45, 2.75) is 33.2 Å². The molecule has 1 aliphatic heterocycles. The SMILES string of the molecule is CCNC(=NCc1nccc2ccccc12)N1CCCC(C)C1.I.